The van der Waals surface area contributed by atoms with Crippen LogP contribution in [0.5, 0.6) is 0 Å². The van der Waals surface area contributed by atoms with Crippen molar-refractivity contribution in [2.75, 3.05) is 0 Å². The minimum atomic E-state index is -0.806. The summed E-state index contributed by atoms with van der Waals surface area (Å²) in [6.07, 6.45) is 42.3. The first kappa shape index (κ1) is 66.4. The van der Waals surface area contributed by atoms with Gasteiger partial charge in [-0.15, -0.1) is 74.4 Å². The predicted molar refractivity (Wildman–Crippen MR) is 369 cm³/mol. The fraction of sp³-hybridized carbons (Fsp3) is 0.534. The van der Waals surface area contributed by atoms with E-state index in [1.165, 1.54) is 220 Å². The van der Waals surface area contributed by atoms with Crippen molar-refractivity contribution >= 4 is 79.9 Å². The Morgan fingerprint density at radius 1 is 0.422 bits per heavy atom. The molecule has 6 aromatic heterocycles. The van der Waals surface area contributed by atoms with Gasteiger partial charge in [0.25, 0.3) is 5.91 Å². The van der Waals surface area contributed by atoms with E-state index >= 15 is 0 Å². The lowest BCUT2D eigenvalue weighted by molar-refractivity contribution is -0.146. The van der Waals surface area contributed by atoms with Gasteiger partial charge in [0.15, 0.2) is 0 Å². The summed E-state index contributed by atoms with van der Waals surface area (Å²) in [6.45, 7) is 15.7. The van der Waals surface area contributed by atoms with Crippen molar-refractivity contribution in [3.63, 3.8) is 0 Å². The van der Waals surface area contributed by atoms with Crippen LogP contribution < -0.4 is 5.32 Å². The fourth-order valence-electron chi connectivity index (χ4n) is 11.1. The van der Waals surface area contributed by atoms with Crippen LogP contribution in [0.1, 0.15) is 256 Å². The molecule has 4 nitrogen and oxygen atoms in total. The normalized spacial score (nSPS) is 11.9. The number of ether oxygens (including phenoxy) is 1. The van der Waals surface area contributed by atoms with E-state index in [2.05, 4.69) is 141 Å². The second-order valence-electron chi connectivity index (χ2n) is 23.1. The summed E-state index contributed by atoms with van der Waals surface area (Å²) < 4.78 is 5.97. The van der Waals surface area contributed by atoms with Gasteiger partial charge in [-0.05, 0) is 179 Å². The third-order valence-electron chi connectivity index (χ3n) is 16.0. The van der Waals surface area contributed by atoms with Gasteiger partial charge in [0.2, 0.25) is 0 Å². The molecule has 1 atom stereocenters. The van der Waals surface area contributed by atoms with Gasteiger partial charge >= 0.3 is 5.97 Å². The predicted octanol–water partition coefficient (Wildman–Crippen LogP) is 24.0. The number of amides is 1. The largest absolute Gasteiger partial charge is 0.458 e. The molecule has 448 valence electrons. The second kappa shape index (κ2) is 36.2. The van der Waals surface area contributed by atoms with Gasteiger partial charge in [-0.3, -0.25) is 4.79 Å². The van der Waals surface area contributed by atoms with Crippen molar-refractivity contribution < 1.29 is 14.3 Å². The number of benzene rings is 1. The molecule has 0 bridgehead atoms. The molecular weight excluding hydrogens is 1130 g/mol. The van der Waals surface area contributed by atoms with Crippen LogP contribution >= 0.6 is 68.0 Å². The van der Waals surface area contributed by atoms with E-state index < -0.39 is 12.0 Å². The molecular formula is C73H97NO3S6. The molecule has 0 saturated heterocycles. The van der Waals surface area contributed by atoms with E-state index in [0.717, 1.165) is 43.4 Å². The number of nitrogens with one attached hydrogen (secondary N) is 1. The summed E-state index contributed by atoms with van der Waals surface area (Å²) in [7, 11) is 0. The average molecular weight is 1230 g/mol. The van der Waals surface area contributed by atoms with Crippen LogP contribution in [-0.2, 0) is 54.7 Å². The maximum absolute atomic E-state index is 13.4. The van der Waals surface area contributed by atoms with Gasteiger partial charge in [0, 0.05) is 69.7 Å². The molecule has 0 spiro atoms. The molecule has 1 aromatic carbocycles. The topological polar surface area (TPSA) is 55.4 Å². The maximum atomic E-state index is 13.4. The zero-order valence-corrected chi connectivity index (χ0v) is 56.5. The van der Waals surface area contributed by atoms with Crippen LogP contribution in [0, 0.1) is 12.3 Å². The lowest BCUT2D eigenvalue weighted by Gasteiger charge is -2.13. The highest BCUT2D eigenvalue weighted by Crippen LogP contribution is 2.52. The first-order valence-electron chi connectivity index (χ1n) is 32.4. The molecule has 0 radical (unpaired) electrons. The molecule has 0 aliphatic rings. The quantitative estimate of drug-likeness (QED) is 0.0237. The monoisotopic (exact) mass is 1230 g/mol. The highest BCUT2D eigenvalue weighted by molar-refractivity contribution is 7.30. The van der Waals surface area contributed by atoms with Crippen molar-refractivity contribution in [1.29, 1.82) is 0 Å². The number of terminal acetylenes is 1. The zero-order valence-electron chi connectivity index (χ0n) is 51.6. The number of hydrogen-bond donors (Lipinski definition) is 1. The Hall–Kier alpha value is -4.08. The van der Waals surface area contributed by atoms with Gasteiger partial charge in [0.05, 0.1) is 0 Å². The van der Waals surface area contributed by atoms with Crippen molar-refractivity contribution in [3.8, 4) is 61.1 Å². The Morgan fingerprint density at radius 2 is 0.783 bits per heavy atom. The molecule has 10 heteroatoms. The van der Waals surface area contributed by atoms with E-state index in [0.29, 0.717) is 11.1 Å². The molecule has 7 rings (SSSR count). The Labute approximate surface area is 525 Å². The van der Waals surface area contributed by atoms with E-state index in [1.54, 1.807) is 58.5 Å². The van der Waals surface area contributed by atoms with Crippen molar-refractivity contribution in [1.82, 2.24) is 5.32 Å². The minimum Gasteiger partial charge on any atom is -0.458 e. The smallest absolute Gasteiger partial charge is 0.328 e. The van der Waals surface area contributed by atoms with Gasteiger partial charge in [0.1, 0.15) is 12.6 Å². The molecule has 83 heavy (non-hydrogen) atoms. The molecule has 0 fully saturated rings. The Bertz CT molecular complexity index is 3070. The van der Waals surface area contributed by atoms with Crippen LogP contribution in [-0.4, -0.2) is 17.9 Å². The zero-order chi connectivity index (χ0) is 58.8. The minimum absolute atomic E-state index is 0.172. The molecule has 7 aromatic rings. The van der Waals surface area contributed by atoms with Gasteiger partial charge in [-0.2, -0.15) is 0 Å². The SMILES string of the molecule is C#Cc1ccc(C(=O)N[C@@H](C)C(=O)OCc2cc(CCCCCC)c(-c3cc(CCCCCC)c(-c4cc(CCCCCC)c(-c5cc(CCCCCC)c(-c6cc(CCCCCC)c(-c7ccc(CCCCCC)s7)s6)s5)s4)s3)s2)cc1. The Balaban J connectivity index is 1.25. The summed E-state index contributed by atoms with van der Waals surface area (Å²) in [5.41, 5.74) is 8.61. The fourth-order valence-corrected chi connectivity index (χ4v) is 18.8. The Morgan fingerprint density at radius 3 is 1.17 bits per heavy atom. The van der Waals surface area contributed by atoms with E-state index in [9.17, 15) is 9.59 Å². The molecule has 0 unspecified atom stereocenters. The number of carbonyl (C=O) groups excluding carboxylic acids is 2. The van der Waals surface area contributed by atoms with Crippen LogP contribution in [0.2, 0.25) is 0 Å². The molecule has 0 aliphatic carbocycles. The van der Waals surface area contributed by atoms with E-state index in [-0.39, 0.29) is 12.5 Å². The number of esters is 1. The third kappa shape index (κ3) is 20.0. The van der Waals surface area contributed by atoms with Crippen LogP contribution in [0.3, 0.4) is 0 Å². The van der Waals surface area contributed by atoms with Crippen molar-refractivity contribution in [3.05, 3.63) is 115 Å². The second-order valence-corrected chi connectivity index (χ2v) is 29.6. The highest BCUT2D eigenvalue weighted by Gasteiger charge is 2.25. The third-order valence-corrected chi connectivity index (χ3v) is 23.9. The number of hydrogen-bond acceptors (Lipinski definition) is 9. The number of carbonyl (C=O) groups is 2. The highest BCUT2D eigenvalue weighted by atomic mass is 32.1. The summed E-state index contributed by atoms with van der Waals surface area (Å²) in [5.74, 6) is 1.80. The standard InChI is InChI=1S/C73H97NO3S6/c1-9-16-22-28-34-55-46-61(51-77-73(76)52(8)74-72(75)54-42-40-53(15-7)41-43-54)79-68(55)63-48-57(36-30-24-18-11-3)70(81-63)65-50-59(38-32-26-20-13-5)71(83-65)66-49-58(37-31-25-19-12-4)69(82-66)64-47-56(35-29-23-17-10-2)67(80-64)62-45-44-60(78-62)39-33-27-21-14-6/h7,40-50,52H,9-14,16-39,51H2,1-6,8H3,(H,74,75)/t52-/m0/s1. The summed E-state index contributed by atoms with van der Waals surface area (Å²) in [5, 5.41) is 2.82. The maximum Gasteiger partial charge on any atom is 0.328 e. The van der Waals surface area contributed by atoms with E-state index in [1.807, 2.05) is 11.3 Å². The Kier molecular flexibility index (Phi) is 28.9. The number of rotatable bonds is 40. The summed E-state index contributed by atoms with van der Waals surface area (Å²) in [6, 6.07) is 23.6. The lowest BCUT2D eigenvalue weighted by Crippen LogP contribution is -2.39. The number of thiophene rings is 6. The summed E-state index contributed by atoms with van der Waals surface area (Å²) >= 11 is 12.0. The van der Waals surface area contributed by atoms with Crippen LogP contribution in [0.4, 0.5) is 0 Å². The lowest BCUT2D eigenvalue weighted by atomic mass is 10.0. The first-order valence-corrected chi connectivity index (χ1v) is 37.3. The van der Waals surface area contributed by atoms with Crippen molar-refractivity contribution in [2.24, 2.45) is 0 Å². The average Bonchev–Trinajstić information content (AvgIpc) is 4.51. The van der Waals surface area contributed by atoms with Gasteiger partial charge in [-0.25, -0.2) is 4.79 Å². The molecule has 6 heterocycles. The molecule has 1 N–H and O–H groups in total. The van der Waals surface area contributed by atoms with Gasteiger partial charge in [-0.1, -0.05) is 163 Å². The van der Waals surface area contributed by atoms with E-state index in [4.69, 9.17) is 11.2 Å². The van der Waals surface area contributed by atoms with Gasteiger partial charge < -0.3 is 10.1 Å². The number of unbranched alkanes of at least 4 members (excludes halogenated alkanes) is 18. The molecule has 1 amide bonds. The molecule has 0 saturated carbocycles. The van der Waals surface area contributed by atoms with Crippen molar-refractivity contribution in [2.45, 2.75) is 254 Å². The number of aryl methyl sites for hydroxylation is 6. The summed E-state index contributed by atoms with van der Waals surface area (Å²) in [4.78, 5) is 43.5. The first-order chi connectivity index (χ1) is 40.6. The molecule has 0 aliphatic heterocycles. The van der Waals surface area contributed by atoms with Crippen LogP contribution in [0.25, 0.3) is 48.8 Å². The van der Waals surface area contributed by atoms with Crippen LogP contribution in [0.15, 0.2) is 66.7 Å².